The van der Waals surface area contributed by atoms with Crippen molar-refractivity contribution in [2.24, 2.45) is 5.73 Å². The monoisotopic (exact) mass is 193 g/mol. The molecule has 0 aromatic carbocycles. The van der Waals surface area contributed by atoms with E-state index < -0.39 is 0 Å². The maximum absolute atomic E-state index is 5.75. The lowest BCUT2D eigenvalue weighted by Gasteiger charge is -2.21. The van der Waals surface area contributed by atoms with E-state index in [1.54, 1.807) is 0 Å². The van der Waals surface area contributed by atoms with Crippen molar-refractivity contribution in [1.29, 1.82) is 0 Å². The summed E-state index contributed by atoms with van der Waals surface area (Å²) in [6.45, 7) is 6.22. The fraction of sp³-hybridized carbons (Fsp3) is 0.727. The van der Waals surface area contributed by atoms with Crippen LogP contribution in [0, 0.1) is 0 Å². The SMILES string of the molecule is CC(C)c1cn2c(n1)C(CN)CCC2. The summed E-state index contributed by atoms with van der Waals surface area (Å²) >= 11 is 0. The molecule has 0 bridgehead atoms. The molecule has 2 rings (SSSR count). The molecular formula is C11H19N3. The molecule has 78 valence electrons. The molecule has 1 unspecified atom stereocenters. The number of hydrogen-bond acceptors (Lipinski definition) is 2. The second kappa shape index (κ2) is 3.73. The lowest BCUT2D eigenvalue weighted by atomic mass is 9.99. The molecule has 0 saturated carbocycles. The van der Waals surface area contributed by atoms with Gasteiger partial charge in [-0.05, 0) is 18.8 Å². The van der Waals surface area contributed by atoms with Crippen molar-refractivity contribution in [2.75, 3.05) is 6.54 Å². The van der Waals surface area contributed by atoms with Gasteiger partial charge in [-0.25, -0.2) is 4.98 Å². The van der Waals surface area contributed by atoms with Gasteiger partial charge in [0.2, 0.25) is 0 Å². The number of aryl methyl sites for hydroxylation is 1. The molecular weight excluding hydrogens is 174 g/mol. The van der Waals surface area contributed by atoms with Crippen LogP contribution in [0.3, 0.4) is 0 Å². The van der Waals surface area contributed by atoms with Gasteiger partial charge in [0.1, 0.15) is 5.82 Å². The third kappa shape index (κ3) is 1.57. The highest BCUT2D eigenvalue weighted by atomic mass is 15.1. The smallest absolute Gasteiger partial charge is 0.113 e. The molecule has 0 fully saturated rings. The van der Waals surface area contributed by atoms with Gasteiger partial charge in [-0.3, -0.25) is 0 Å². The van der Waals surface area contributed by atoms with E-state index in [4.69, 9.17) is 5.73 Å². The van der Waals surface area contributed by atoms with Crippen LogP contribution in [0.1, 0.15) is 50.0 Å². The molecule has 0 radical (unpaired) electrons. The minimum absolute atomic E-state index is 0.483. The normalized spacial score (nSPS) is 21.3. The number of nitrogens with zero attached hydrogens (tertiary/aromatic N) is 2. The minimum Gasteiger partial charge on any atom is -0.334 e. The Hall–Kier alpha value is -0.830. The first kappa shape index (κ1) is 9.71. The average molecular weight is 193 g/mol. The fourth-order valence-electron chi connectivity index (χ4n) is 2.09. The molecule has 1 aliphatic rings. The van der Waals surface area contributed by atoms with Crippen molar-refractivity contribution in [3.05, 3.63) is 17.7 Å². The first-order valence-electron chi connectivity index (χ1n) is 5.49. The first-order valence-corrected chi connectivity index (χ1v) is 5.49. The molecule has 14 heavy (non-hydrogen) atoms. The summed E-state index contributed by atoms with van der Waals surface area (Å²) in [6, 6.07) is 0. The highest BCUT2D eigenvalue weighted by molar-refractivity contribution is 5.13. The van der Waals surface area contributed by atoms with Crippen LogP contribution in [-0.2, 0) is 6.54 Å². The average Bonchev–Trinajstić information content (AvgIpc) is 2.60. The van der Waals surface area contributed by atoms with Gasteiger partial charge < -0.3 is 10.3 Å². The molecule has 1 aliphatic heterocycles. The van der Waals surface area contributed by atoms with Crippen LogP contribution in [0.4, 0.5) is 0 Å². The van der Waals surface area contributed by atoms with E-state index in [-0.39, 0.29) is 0 Å². The Morgan fingerprint density at radius 3 is 3.07 bits per heavy atom. The first-order chi connectivity index (χ1) is 6.72. The Morgan fingerprint density at radius 2 is 2.43 bits per heavy atom. The molecule has 0 saturated heterocycles. The molecule has 0 aliphatic carbocycles. The Bertz CT molecular complexity index is 314. The van der Waals surface area contributed by atoms with Crippen LogP contribution < -0.4 is 5.73 Å². The third-order valence-electron chi connectivity index (χ3n) is 3.02. The number of fused-ring (bicyclic) bond motifs is 1. The van der Waals surface area contributed by atoms with Crippen molar-refractivity contribution < 1.29 is 0 Å². The zero-order valence-corrected chi connectivity index (χ0v) is 9.03. The zero-order valence-electron chi connectivity index (χ0n) is 9.03. The molecule has 3 heteroatoms. The number of rotatable bonds is 2. The van der Waals surface area contributed by atoms with Crippen LogP contribution in [0.2, 0.25) is 0 Å². The predicted molar refractivity (Wildman–Crippen MR) is 57.3 cm³/mol. The molecule has 1 aromatic heterocycles. The summed E-state index contributed by atoms with van der Waals surface area (Å²) in [6.07, 6.45) is 4.63. The summed E-state index contributed by atoms with van der Waals surface area (Å²) in [5.41, 5.74) is 6.96. The quantitative estimate of drug-likeness (QED) is 0.779. The Balaban J connectivity index is 2.33. The number of hydrogen-bond donors (Lipinski definition) is 1. The maximum Gasteiger partial charge on any atom is 0.113 e. The summed E-state index contributed by atoms with van der Waals surface area (Å²) in [5, 5.41) is 0. The highest BCUT2D eigenvalue weighted by Gasteiger charge is 2.22. The van der Waals surface area contributed by atoms with E-state index in [0.29, 0.717) is 11.8 Å². The lowest BCUT2D eigenvalue weighted by Crippen LogP contribution is -2.21. The molecule has 2 N–H and O–H groups in total. The fourth-order valence-corrected chi connectivity index (χ4v) is 2.09. The Morgan fingerprint density at radius 1 is 1.64 bits per heavy atom. The van der Waals surface area contributed by atoms with Gasteiger partial charge in [0.05, 0.1) is 5.69 Å². The molecule has 0 amide bonds. The number of nitrogens with two attached hydrogens (primary N) is 1. The van der Waals surface area contributed by atoms with Crippen LogP contribution in [0.5, 0.6) is 0 Å². The van der Waals surface area contributed by atoms with Crippen LogP contribution in [0.25, 0.3) is 0 Å². The van der Waals surface area contributed by atoms with E-state index in [1.165, 1.54) is 24.4 Å². The molecule has 2 heterocycles. The van der Waals surface area contributed by atoms with E-state index >= 15 is 0 Å². The van der Waals surface area contributed by atoms with Gasteiger partial charge in [0.15, 0.2) is 0 Å². The minimum atomic E-state index is 0.483. The van der Waals surface area contributed by atoms with Crippen molar-refractivity contribution in [3.8, 4) is 0 Å². The summed E-state index contributed by atoms with van der Waals surface area (Å²) in [7, 11) is 0. The highest BCUT2D eigenvalue weighted by Crippen LogP contribution is 2.27. The second-order valence-electron chi connectivity index (χ2n) is 4.45. The van der Waals surface area contributed by atoms with E-state index in [0.717, 1.165) is 13.1 Å². The van der Waals surface area contributed by atoms with Gasteiger partial charge in [0, 0.05) is 25.2 Å². The van der Waals surface area contributed by atoms with E-state index in [1.807, 2.05) is 0 Å². The van der Waals surface area contributed by atoms with Crippen molar-refractivity contribution in [3.63, 3.8) is 0 Å². The summed E-state index contributed by atoms with van der Waals surface area (Å²) in [4.78, 5) is 4.69. The van der Waals surface area contributed by atoms with Gasteiger partial charge >= 0.3 is 0 Å². The predicted octanol–water partition coefficient (Wildman–Crippen LogP) is 1.84. The van der Waals surface area contributed by atoms with Gasteiger partial charge in [-0.2, -0.15) is 0 Å². The molecule has 1 atom stereocenters. The summed E-state index contributed by atoms with van der Waals surface area (Å²) < 4.78 is 2.29. The van der Waals surface area contributed by atoms with Gasteiger partial charge in [-0.1, -0.05) is 13.8 Å². The van der Waals surface area contributed by atoms with Gasteiger partial charge in [0.25, 0.3) is 0 Å². The van der Waals surface area contributed by atoms with Crippen molar-refractivity contribution in [2.45, 2.75) is 45.1 Å². The largest absolute Gasteiger partial charge is 0.334 e. The molecule has 1 aromatic rings. The van der Waals surface area contributed by atoms with Crippen LogP contribution >= 0.6 is 0 Å². The van der Waals surface area contributed by atoms with Gasteiger partial charge in [-0.15, -0.1) is 0 Å². The van der Waals surface area contributed by atoms with Crippen LogP contribution in [-0.4, -0.2) is 16.1 Å². The lowest BCUT2D eigenvalue weighted by molar-refractivity contribution is 0.448. The van der Waals surface area contributed by atoms with Crippen molar-refractivity contribution >= 4 is 0 Å². The van der Waals surface area contributed by atoms with Crippen LogP contribution in [0.15, 0.2) is 6.20 Å². The number of aromatic nitrogens is 2. The molecule has 0 spiro atoms. The standard InChI is InChI=1S/C11H19N3/c1-8(2)10-7-14-5-3-4-9(6-12)11(14)13-10/h7-9H,3-6,12H2,1-2H3. The number of imidazole rings is 1. The Labute approximate surface area is 85.3 Å². The summed E-state index contributed by atoms with van der Waals surface area (Å²) in [5.74, 6) is 2.21. The second-order valence-corrected chi connectivity index (χ2v) is 4.45. The van der Waals surface area contributed by atoms with E-state index in [9.17, 15) is 0 Å². The van der Waals surface area contributed by atoms with Crippen molar-refractivity contribution in [1.82, 2.24) is 9.55 Å². The zero-order chi connectivity index (χ0) is 10.1. The van der Waals surface area contributed by atoms with E-state index in [2.05, 4.69) is 29.6 Å². The Kier molecular flexibility index (Phi) is 2.59. The maximum atomic E-state index is 5.75. The molecule has 3 nitrogen and oxygen atoms in total. The topological polar surface area (TPSA) is 43.8 Å². The third-order valence-corrected chi connectivity index (χ3v) is 3.02.